The summed E-state index contributed by atoms with van der Waals surface area (Å²) in [6.07, 6.45) is 3.34. The van der Waals surface area contributed by atoms with Crippen molar-refractivity contribution in [2.24, 2.45) is 5.92 Å². The van der Waals surface area contributed by atoms with E-state index in [0.717, 1.165) is 17.3 Å². The van der Waals surface area contributed by atoms with Gasteiger partial charge in [-0.1, -0.05) is 18.5 Å². The molecule has 0 bridgehead atoms. The highest BCUT2D eigenvalue weighted by Gasteiger charge is 2.23. The normalized spacial score (nSPS) is 23.7. The van der Waals surface area contributed by atoms with Crippen molar-refractivity contribution in [3.05, 3.63) is 33.3 Å². The number of benzene rings is 1. The molecule has 0 saturated heterocycles. The third-order valence-electron chi connectivity index (χ3n) is 3.20. The Bertz CT molecular complexity index is 435. The van der Waals surface area contributed by atoms with E-state index in [4.69, 9.17) is 11.6 Å². The van der Waals surface area contributed by atoms with Crippen molar-refractivity contribution >= 4 is 33.4 Å². The zero-order chi connectivity index (χ0) is 12.4. The van der Waals surface area contributed by atoms with Gasteiger partial charge < -0.3 is 5.32 Å². The minimum absolute atomic E-state index is 0.0431. The molecule has 92 valence electrons. The van der Waals surface area contributed by atoms with Crippen molar-refractivity contribution in [1.82, 2.24) is 5.32 Å². The van der Waals surface area contributed by atoms with E-state index in [2.05, 4.69) is 28.2 Å². The van der Waals surface area contributed by atoms with Crippen molar-refractivity contribution < 1.29 is 4.79 Å². The number of carbonyl (C=O) groups is 1. The molecule has 0 radical (unpaired) electrons. The number of carbonyl (C=O) groups excluding carboxylic acids is 1. The lowest BCUT2D eigenvalue weighted by Gasteiger charge is -2.13. The van der Waals surface area contributed by atoms with Gasteiger partial charge in [0, 0.05) is 15.5 Å². The molecule has 4 heteroatoms. The highest BCUT2D eigenvalue weighted by Crippen LogP contribution is 2.26. The number of nitrogens with one attached hydrogen (secondary N) is 1. The maximum absolute atomic E-state index is 12.1. The van der Waals surface area contributed by atoms with Crippen LogP contribution in [0.1, 0.15) is 36.5 Å². The lowest BCUT2D eigenvalue weighted by atomic mass is 10.1. The van der Waals surface area contributed by atoms with E-state index in [-0.39, 0.29) is 5.91 Å². The molecule has 0 aliphatic heterocycles. The van der Waals surface area contributed by atoms with Crippen molar-refractivity contribution in [3.8, 4) is 0 Å². The lowest BCUT2D eigenvalue weighted by Crippen LogP contribution is -2.33. The highest BCUT2D eigenvalue weighted by molar-refractivity contribution is 9.10. The summed E-state index contributed by atoms with van der Waals surface area (Å²) in [7, 11) is 0. The third-order valence-corrected chi connectivity index (χ3v) is 4.13. The molecule has 2 nitrogen and oxygen atoms in total. The van der Waals surface area contributed by atoms with Crippen LogP contribution in [0.5, 0.6) is 0 Å². The average molecular weight is 317 g/mol. The predicted molar refractivity (Wildman–Crippen MR) is 73.4 cm³/mol. The Balaban J connectivity index is 2.06. The van der Waals surface area contributed by atoms with Crippen LogP contribution >= 0.6 is 27.5 Å². The second-order valence-corrected chi connectivity index (χ2v) is 6.00. The standard InChI is InChI=1S/C13H15BrClNO/c1-8-2-4-10(6-8)16-13(17)11-7-9(15)3-5-12(11)14/h3,5,7-8,10H,2,4,6H2,1H3,(H,16,17). The molecule has 1 aliphatic rings. The summed E-state index contributed by atoms with van der Waals surface area (Å²) >= 11 is 9.27. The van der Waals surface area contributed by atoms with Crippen LogP contribution in [-0.4, -0.2) is 11.9 Å². The van der Waals surface area contributed by atoms with Gasteiger partial charge in [0.25, 0.3) is 5.91 Å². The molecular formula is C13H15BrClNO. The molecule has 1 saturated carbocycles. The van der Waals surface area contributed by atoms with Gasteiger partial charge in [-0.05, 0) is 59.3 Å². The van der Waals surface area contributed by atoms with E-state index in [9.17, 15) is 4.79 Å². The van der Waals surface area contributed by atoms with Crippen molar-refractivity contribution in [2.45, 2.75) is 32.2 Å². The number of hydrogen-bond donors (Lipinski definition) is 1. The van der Waals surface area contributed by atoms with Crippen molar-refractivity contribution in [3.63, 3.8) is 0 Å². The summed E-state index contributed by atoms with van der Waals surface area (Å²) in [6.45, 7) is 2.22. The molecule has 17 heavy (non-hydrogen) atoms. The first kappa shape index (κ1) is 12.9. The Kier molecular flexibility index (Phi) is 4.10. The lowest BCUT2D eigenvalue weighted by molar-refractivity contribution is 0.0936. The van der Waals surface area contributed by atoms with Gasteiger partial charge in [0.05, 0.1) is 5.56 Å². The number of rotatable bonds is 2. The van der Waals surface area contributed by atoms with Gasteiger partial charge in [-0.25, -0.2) is 0 Å². The Labute approximate surface area is 115 Å². The highest BCUT2D eigenvalue weighted by atomic mass is 79.9. The van der Waals surface area contributed by atoms with Crippen molar-refractivity contribution in [2.75, 3.05) is 0 Å². The molecule has 2 rings (SSSR count). The molecule has 2 atom stereocenters. The first-order valence-electron chi connectivity index (χ1n) is 5.82. The second-order valence-electron chi connectivity index (χ2n) is 4.71. The average Bonchev–Trinajstić information content (AvgIpc) is 2.67. The van der Waals surface area contributed by atoms with Crippen LogP contribution in [0.25, 0.3) is 0 Å². The molecule has 0 aromatic heterocycles. The third kappa shape index (κ3) is 3.23. The summed E-state index contributed by atoms with van der Waals surface area (Å²) in [5.74, 6) is 0.668. The maximum atomic E-state index is 12.1. The van der Waals surface area contributed by atoms with Crippen LogP contribution in [0.15, 0.2) is 22.7 Å². The zero-order valence-electron chi connectivity index (χ0n) is 9.67. The van der Waals surface area contributed by atoms with E-state index < -0.39 is 0 Å². The van der Waals surface area contributed by atoms with Crippen LogP contribution in [-0.2, 0) is 0 Å². The van der Waals surface area contributed by atoms with Crippen molar-refractivity contribution in [1.29, 1.82) is 0 Å². The first-order valence-corrected chi connectivity index (χ1v) is 6.99. The monoisotopic (exact) mass is 315 g/mol. The summed E-state index contributed by atoms with van der Waals surface area (Å²) in [5.41, 5.74) is 0.608. The summed E-state index contributed by atoms with van der Waals surface area (Å²) in [5, 5.41) is 3.65. The maximum Gasteiger partial charge on any atom is 0.252 e. The largest absolute Gasteiger partial charge is 0.349 e. The Morgan fingerprint density at radius 1 is 1.47 bits per heavy atom. The van der Waals surface area contributed by atoms with E-state index in [0.29, 0.717) is 22.5 Å². The molecule has 1 aliphatic carbocycles. The molecule has 1 fully saturated rings. The fourth-order valence-electron chi connectivity index (χ4n) is 2.27. The quantitative estimate of drug-likeness (QED) is 0.877. The van der Waals surface area contributed by atoms with Gasteiger partial charge in [-0.15, -0.1) is 0 Å². The van der Waals surface area contributed by atoms with E-state index in [1.54, 1.807) is 18.2 Å². The number of amides is 1. The SMILES string of the molecule is CC1CCC(NC(=O)c2cc(Cl)ccc2Br)C1. The Hall–Kier alpha value is -0.540. The Morgan fingerprint density at radius 3 is 2.88 bits per heavy atom. The fraction of sp³-hybridized carbons (Fsp3) is 0.462. The van der Waals surface area contributed by atoms with Gasteiger partial charge in [0.2, 0.25) is 0 Å². The molecule has 0 heterocycles. The van der Waals surface area contributed by atoms with Crippen LogP contribution in [0.4, 0.5) is 0 Å². The van der Waals surface area contributed by atoms with Gasteiger partial charge in [0.15, 0.2) is 0 Å². The minimum Gasteiger partial charge on any atom is -0.349 e. The van der Waals surface area contributed by atoms with Gasteiger partial charge in [-0.2, -0.15) is 0 Å². The molecule has 1 aromatic rings. The van der Waals surface area contributed by atoms with E-state index in [1.807, 2.05) is 0 Å². The van der Waals surface area contributed by atoms with Gasteiger partial charge in [0.1, 0.15) is 0 Å². The fourth-order valence-corrected chi connectivity index (χ4v) is 2.87. The van der Waals surface area contributed by atoms with Crippen LogP contribution in [0.2, 0.25) is 5.02 Å². The molecule has 1 amide bonds. The molecular weight excluding hydrogens is 302 g/mol. The summed E-state index contributed by atoms with van der Waals surface area (Å²) in [6, 6.07) is 5.57. The molecule has 1 aromatic carbocycles. The van der Waals surface area contributed by atoms with Crippen LogP contribution < -0.4 is 5.32 Å². The second kappa shape index (κ2) is 5.40. The smallest absolute Gasteiger partial charge is 0.252 e. The minimum atomic E-state index is -0.0431. The van der Waals surface area contributed by atoms with E-state index in [1.165, 1.54) is 6.42 Å². The van der Waals surface area contributed by atoms with E-state index >= 15 is 0 Å². The predicted octanol–water partition coefficient (Wildman–Crippen LogP) is 4.02. The Morgan fingerprint density at radius 2 is 2.24 bits per heavy atom. The topological polar surface area (TPSA) is 29.1 Å². The molecule has 1 N–H and O–H groups in total. The van der Waals surface area contributed by atoms with Gasteiger partial charge >= 0.3 is 0 Å². The van der Waals surface area contributed by atoms with Gasteiger partial charge in [-0.3, -0.25) is 4.79 Å². The zero-order valence-corrected chi connectivity index (χ0v) is 12.0. The number of halogens is 2. The summed E-state index contributed by atoms with van der Waals surface area (Å²) < 4.78 is 0.783. The molecule has 0 spiro atoms. The molecule has 2 unspecified atom stereocenters. The van der Waals surface area contributed by atoms with Crippen LogP contribution in [0.3, 0.4) is 0 Å². The number of hydrogen-bond acceptors (Lipinski definition) is 1. The first-order chi connectivity index (χ1) is 8.06. The summed E-state index contributed by atoms with van der Waals surface area (Å²) in [4.78, 5) is 12.1. The van der Waals surface area contributed by atoms with Crippen LogP contribution in [0, 0.1) is 5.92 Å².